The predicted octanol–water partition coefficient (Wildman–Crippen LogP) is 3.31. The topological polar surface area (TPSA) is 50.3 Å². The summed E-state index contributed by atoms with van der Waals surface area (Å²) < 4.78 is 19.0. The molecule has 0 fully saturated rings. The molecule has 0 bridgehead atoms. The largest absolute Gasteiger partial charge is 0.461 e. The summed E-state index contributed by atoms with van der Waals surface area (Å²) in [5, 5.41) is 2.82. The Bertz CT molecular complexity index is 692. The molecule has 3 rings (SSSR count). The SMILES string of the molecule is CN1C=COc2cc(Nc3nc(Cl)ncc3F)ccc21. The highest BCUT2D eigenvalue weighted by molar-refractivity contribution is 6.28. The van der Waals surface area contributed by atoms with Crippen LogP contribution in [0.15, 0.2) is 36.9 Å². The standard InChI is InChI=1S/C13H10ClFN4O/c1-19-4-5-20-11-6-8(2-3-10(11)19)17-12-9(15)7-16-13(14)18-12/h2-7H,1H3,(H,16,17,18). The average Bonchev–Trinajstić information content (AvgIpc) is 2.43. The Hall–Kier alpha value is -2.34. The highest BCUT2D eigenvalue weighted by Crippen LogP contribution is 2.34. The fraction of sp³-hybridized carbons (Fsp3) is 0.0769. The van der Waals surface area contributed by atoms with Gasteiger partial charge in [0, 0.05) is 25.0 Å². The number of halogens is 2. The van der Waals surface area contributed by atoms with E-state index in [-0.39, 0.29) is 11.1 Å². The molecule has 2 aromatic rings. The van der Waals surface area contributed by atoms with Gasteiger partial charge in [0.25, 0.3) is 0 Å². The smallest absolute Gasteiger partial charge is 0.224 e. The third-order valence-corrected chi connectivity index (χ3v) is 2.98. The maximum Gasteiger partial charge on any atom is 0.224 e. The molecule has 0 aliphatic carbocycles. The minimum Gasteiger partial charge on any atom is -0.461 e. The van der Waals surface area contributed by atoms with Gasteiger partial charge in [-0.25, -0.2) is 9.37 Å². The number of ether oxygens (including phenoxy) is 1. The van der Waals surface area contributed by atoms with E-state index in [0.717, 1.165) is 11.9 Å². The normalized spacial score (nSPS) is 12.8. The fourth-order valence-electron chi connectivity index (χ4n) is 1.82. The first-order valence-corrected chi connectivity index (χ1v) is 6.16. The van der Waals surface area contributed by atoms with E-state index >= 15 is 0 Å². The van der Waals surface area contributed by atoms with Crippen molar-refractivity contribution in [2.24, 2.45) is 0 Å². The van der Waals surface area contributed by atoms with Gasteiger partial charge in [0.1, 0.15) is 6.26 Å². The molecule has 1 aromatic carbocycles. The number of hydrogen-bond acceptors (Lipinski definition) is 5. The minimum atomic E-state index is -0.579. The molecule has 0 spiro atoms. The van der Waals surface area contributed by atoms with Gasteiger partial charge in [-0.1, -0.05) is 0 Å². The molecule has 0 amide bonds. The van der Waals surface area contributed by atoms with Crippen LogP contribution in [0.3, 0.4) is 0 Å². The molecule has 0 unspecified atom stereocenters. The van der Waals surface area contributed by atoms with Crippen molar-refractivity contribution in [1.29, 1.82) is 0 Å². The quantitative estimate of drug-likeness (QED) is 0.861. The molecule has 2 heterocycles. The molecule has 7 heteroatoms. The van der Waals surface area contributed by atoms with Gasteiger partial charge in [0.2, 0.25) is 5.28 Å². The second kappa shape index (κ2) is 4.97. The Morgan fingerprint density at radius 2 is 2.25 bits per heavy atom. The number of hydrogen-bond donors (Lipinski definition) is 1. The van der Waals surface area contributed by atoms with E-state index in [1.54, 1.807) is 24.6 Å². The van der Waals surface area contributed by atoms with Gasteiger partial charge in [-0.15, -0.1) is 0 Å². The van der Waals surface area contributed by atoms with Crippen LogP contribution in [0.2, 0.25) is 5.28 Å². The summed E-state index contributed by atoms with van der Waals surface area (Å²) in [6.07, 6.45) is 4.40. The van der Waals surface area contributed by atoms with Crippen LogP contribution in [0.4, 0.5) is 21.6 Å². The zero-order valence-corrected chi connectivity index (χ0v) is 11.2. The molecule has 0 atom stereocenters. The first kappa shape index (κ1) is 12.7. The van der Waals surface area contributed by atoms with E-state index in [4.69, 9.17) is 16.3 Å². The number of nitrogens with zero attached hydrogens (tertiary/aromatic N) is 3. The minimum absolute atomic E-state index is 0.0182. The van der Waals surface area contributed by atoms with Crippen molar-refractivity contribution in [3.8, 4) is 5.75 Å². The van der Waals surface area contributed by atoms with Crippen LogP contribution in [0.25, 0.3) is 0 Å². The number of benzene rings is 1. The number of anilines is 3. The van der Waals surface area contributed by atoms with Crippen molar-refractivity contribution in [3.05, 3.63) is 48.0 Å². The van der Waals surface area contributed by atoms with Gasteiger partial charge in [-0.3, -0.25) is 0 Å². The Labute approximate surface area is 119 Å². The molecule has 0 saturated heterocycles. The third-order valence-electron chi connectivity index (χ3n) is 2.80. The average molecular weight is 293 g/mol. The molecule has 0 saturated carbocycles. The fourth-order valence-corrected chi connectivity index (χ4v) is 1.96. The zero-order valence-electron chi connectivity index (χ0n) is 10.5. The van der Waals surface area contributed by atoms with Crippen LogP contribution in [0, 0.1) is 5.82 Å². The van der Waals surface area contributed by atoms with E-state index in [2.05, 4.69) is 15.3 Å². The van der Waals surface area contributed by atoms with Crippen LogP contribution in [0.1, 0.15) is 0 Å². The first-order valence-electron chi connectivity index (χ1n) is 5.79. The predicted molar refractivity (Wildman–Crippen MR) is 74.9 cm³/mol. The van der Waals surface area contributed by atoms with Gasteiger partial charge in [-0.05, 0) is 23.7 Å². The van der Waals surface area contributed by atoms with Crippen molar-refractivity contribution in [2.75, 3.05) is 17.3 Å². The lowest BCUT2D eigenvalue weighted by molar-refractivity contribution is 0.472. The van der Waals surface area contributed by atoms with E-state index < -0.39 is 5.82 Å². The van der Waals surface area contributed by atoms with Crippen LogP contribution in [-0.4, -0.2) is 17.0 Å². The van der Waals surface area contributed by atoms with Crippen LogP contribution in [-0.2, 0) is 0 Å². The summed E-state index contributed by atoms with van der Waals surface area (Å²) >= 11 is 5.65. The van der Waals surface area contributed by atoms with Gasteiger partial charge in [0.05, 0.1) is 11.9 Å². The molecule has 1 N–H and O–H groups in total. The summed E-state index contributed by atoms with van der Waals surface area (Å²) in [4.78, 5) is 9.28. The van der Waals surface area contributed by atoms with Crippen LogP contribution < -0.4 is 15.0 Å². The summed E-state index contributed by atoms with van der Waals surface area (Å²) in [6.45, 7) is 0. The molecule has 20 heavy (non-hydrogen) atoms. The lowest BCUT2D eigenvalue weighted by Gasteiger charge is -2.22. The number of aromatic nitrogens is 2. The lowest BCUT2D eigenvalue weighted by Crippen LogP contribution is -2.13. The van der Waals surface area contributed by atoms with Crippen LogP contribution >= 0.6 is 11.6 Å². The Kier molecular flexibility index (Phi) is 3.15. The molecule has 102 valence electrons. The molecule has 1 aliphatic rings. The van der Waals surface area contributed by atoms with Gasteiger partial charge < -0.3 is 15.0 Å². The maximum absolute atomic E-state index is 13.6. The van der Waals surface area contributed by atoms with Gasteiger partial charge in [-0.2, -0.15) is 4.98 Å². The summed E-state index contributed by atoms with van der Waals surface area (Å²) in [5.74, 6) is 0.107. The third kappa shape index (κ3) is 2.37. The number of rotatable bonds is 2. The van der Waals surface area contributed by atoms with Crippen molar-refractivity contribution in [1.82, 2.24) is 9.97 Å². The van der Waals surface area contributed by atoms with Gasteiger partial charge in [0.15, 0.2) is 17.4 Å². The summed E-state index contributed by atoms with van der Waals surface area (Å²) in [5.41, 5.74) is 1.56. The van der Waals surface area contributed by atoms with Crippen molar-refractivity contribution >= 4 is 28.8 Å². The van der Waals surface area contributed by atoms with E-state index in [1.165, 1.54) is 0 Å². The Morgan fingerprint density at radius 1 is 1.40 bits per heavy atom. The second-order valence-electron chi connectivity index (χ2n) is 4.16. The lowest BCUT2D eigenvalue weighted by atomic mass is 10.2. The summed E-state index contributed by atoms with van der Waals surface area (Å²) in [7, 11) is 1.91. The summed E-state index contributed by atoms with van der Waals surface area (Å²) in [6, 6.07) is 5.42. The maximum atomic E-state index is 13.6. The van der Waals surface area contributed by atoms with E-state index in [1.807, 2.05) is 18.0 Å². The zero-order chi connectivity index (χ0) is 14.1. The number of fused-ring (bicyclic) bond motifs is 1. The highest BCUT2D eigenvalue weighted by atomic mass is 35.5. The Balaban J connectivity index is 1.91. The molecular formula is C13H10ClFN4O. The highest BCUT2D eigenvalue weighted by Gasteiger charge is 2.13. The van der Waals surface area contributed by atoms with Crippen LogP contribution in [0.5, 0.6) is 5.75 Å². The van der Waals surface area contributed by atoms with Crippen molar-refractivity contribution in [3.63, 3.8) is 0 Å². The molecule has 1 aliphatic heterocycles. The van der Waals surface area contributed by atoms with Crippen molar-refractivity contribution in [2.45, 2.75) is 0 Å². The second-order valence-corrected chi connectivity index (χ2v) is 4.50. The number of nitrogens with one attached hydrogen (secondary N) is 1. The Morgan fingerprint density at radius 3 is 3.10 bits per heavy atom. The van der Waals surface area contributed by atoms with E-state index in [0.29, 0.717) is 11.4 Å². The monoisotopic (exact) mass is 292 g/mol. The molecule has 0 radical (unpaired) electrons. The molecule has 1 aromatic heterocycles. The molecule has 5 nitrogen and oxygen atoms in total. The van der Waals surface area contributed by atoms with Gasteiger partial charge >= 0.3 is 0 Å². The van der Waals surface area contributed by atoms with E-state index in [9.17, 15) is 4.39 Å². The molecular weight excluding hydrogens is 283 g/mol. The van der Waals surface area contributed by atoms with Crippen molar-refractivity contribution < 1.29 is 9.13 Å². The first-order chi connectivity index (χ1) is 9.63.